The topological polar surface area (TPSA) is 114 Å². The summed E-state index contributed by atoms with van der Waals surface area (Å²) in [6, 6.07) is -1.01. The molecule has 9 heteroatoms. The lowest BCUT2D eigenvalue weighted by molar-refractivity contribution is -0.140. The number of ether oxygens (including phenoxy) is 1. The van der Waals surface area contributed by atoms with Crippen molar-refractivity contribution in [2.24, 2.45) is 11.7 Å². The molecule has 2 fully saturated rings. The van der Waals surface area contributed by atoms with Gasteiger partial charge in [0.2, 0.25) is 11.8 Å². The lowest BCUT2D eigenvalue weighted by atomic mass is 9.86. The molecule has 1 saturated carbocycles. The average Bonchev–Trinajstić information content (AvgIpc) is 3.24. The monoisotopic (exact) mass is 484 g/mol. The van der Waals surface area contributed by atoms with E-state index in [9.17, 15) is 14.4 Å². The van der Waals surface area contributed by atoms with E-state index < -0.39 is 22.9 Å². The summed E-state index contributed by atoms with van der Waals surface area (Å²) in [6.07, 6.45) is 5.57. The fourth-order valence-electron chi connectivity index (χ4n) is 4.79. The number of carbonyl (C=O) groups is 3. The molecule has 0 aromatic heterocycles. The molecule has 1 aliphatic heterocycles. The van der Waals surface area contributed by atoms with Gasteiger partial charge in [-0.15, -0.1) is 0 Å². The van der Waals surface area contributed by atoms with Crippen LogP contribution in [0.1, 0.15) is 79.6 Å². The Morgan fingerprint density at radius 3 is 2.42 bits per heavy atom. The van der Waals surface area contributed by atoms with E-state index in [4.69, 9.17) is 10.5 Å². The van der Waals surface area contributed by atoms with Crippen molar-refractivity contribution in [3.63, 3.8) is 0 Å². The third kappa shape index (κ3) is 8.35. The molecule has 0 aromatic rings. The van der Waals surface area contributed by atoms with Gasteiger partial charge in [-0.25, -0.2) is 4.79 Å². The van der Waals surface area contributed by atoms with Crippen LogP contribution in [0.5, 0.6) is 0 Å². The van der Waals surface area contributed by atoms with Gasteiger partial charge in [0.1, 0.15) is 12.1 Å². The van der Waals surface area contributed by atoms with Crippen molar-refractivity contribution in [3.8, 4) is 0 Å². The predicted molar refractivity (Wildman–Crippen MR) is 133 cm³/mol. The van der Waals surface area contributed by atoms with Crippen molar-refractivity contribution in [2.45, 2.75) is 108 Å². The first kappa shape index (κ1) is 27.8. The molecule has 0 aromatic carbocycles. The summed E-state index contributed by atoms with van der Waals surface area (Å²) in [4.78, 5) is 40.8. The maximum atomic E-state index is 13.7. The summed E-state index contributed by atoms with van der Waals surface area (Å²) in [5, 5.41) is 6.15. The van der Waals surface area contributed by atoms with Crippen LogP contribution in [0.3, 0.4) is 0 Å². The van der Waals surface area contributed by atoms with E-state index in [-0.39, 0.29) is 23.1 Å². The van der Waals surface area contributed by atoms with Crippen molar-refractivity contribution in [2.75, 3.05) is 19.7 Å². The highest BCUT2D eigenvalue weighted by molar-refractivity contribution is 8.01. The Kier molecular flexibility index (Phi) is 10.8. The van der Waals surface area contributed by atoms with E-state index in [1.165, 1.54) is 0 Å². The summed E-state index contributed by atoms with van der Waals surface area (Å²) in [5.74, 6) is 0.128. The van der Waals surface area contributed by atoms with Gasteiger partial charge in [0, 0.05) is 23.9 Å². The highest BCUT2D eigenvalue weighted by Crippen LogP contribution is 2.34. The molecule has 1 saturated heterocycles. The maximum absolute atomic E-state index is 13.7. The molecule has 4 N–H and O–H groups in total. The summed E-state index contributed by atoms with van der Waals surface area (Å²) in [6.45, 7) is 11.4. The van der Waals surface area contributed by atoms with Gasteiger partial charge in [-0.1, -0.05) is 20.8 Å². The smallest absolute Gasteiger partial charge is 0.407 e. The second kappa shape index (κ2) is 12.8. The number of alkyl carbamates (subject to hydrolysis) is 1. The highest BCUT2D eigenvalue weighted by atomic mass is 32.2. The van der Waals surface area contributed by atoms with Gasteiger partial charge in [-0.3, -0.25) is 9.59 Å². The molecule has 0 spiro atoms. The fourth-order valence-corrected chi connectivity index (χ4v) is 6.30. The minimum atomic E-state index is -0.789. The summed E-state index contributed by atoms with van der Waals surface area (Å²) >= 11 is 1.63. The van der Waals surface area contributed by atoms with Crippen molar-refractivity contribution in [1.82, 2.24) is 15.5 Å². The Morgan fingerprint density at radius 1 is 1.15 bits per heavy atom. The Morgan fingerprint density at radius 2 is 1.82 bits per heavy atom. The minimum Gasteiger partial charge on any atom is -0.450 e. The zero-order valence-electron chi connectivity index (χ0n) is 21.0. The van der Waals surface area contributed by atoms with Gasteiger partial charge in [0.05, 0.1) is 6.61 Å². The molecule has 1 aliphatic carbocycles. The lowest BCUT2D eigenvalue weighted by Crippen LogP contribution is -2.60. The van der Waals surface area contributed by atoms with E-state index in [1.54, 1.807) is 16.7 Å². The molecule has 0 radical (unpaired) electrons. The molecular formula is C24H44N4O4S. The number of likely N-dealkylation sites (tertiary alicyclic amines) is 1. The van der Waals surface area contributed by atoms with E-state index in [0.29, 0.717) is 38.5 Å². The fraction of sp³-hybridized carbons (Fsp3) is 0.875. The van der Waals surface area contributed by atoms with Crippen LogP contribution >= 0.6 is 11.8 Å². The first-order valence-corrected chi connectivity index (χ1v) is 13.4. The van der Waals surface area contributed by atoms with Gasteiger partial charge in [0.25, 0.3) is 0 Å². The Balaban J connectivity index is 2.07. The quantitative estimate of drug-likeness (QED) is 0.439. The molecule has 1 heterocycles. The zero-order chi connectivity index (χ0) is 24.6. The molecule has 33 heavy (non-hydrogen) atoms. The summed E-state index contributed by atoms with van der Waals surface area (Å²) in [7, 11) is 0. The SMILES string of the molecule is CCCOC(=O)N[C@@H](C(=O)N1CCCC1C(=O)NC[C@H]1CC[C@H](N)CC1)C(C)(C)SC(C)C. The van der Waals surface area contributed by atoms with Crippen LogP contribution in [-0.2, 0) is 14.3 Å². The van der Waals surface area contributed by atoms with Crippen LogP contribution in [0.2, 0.25) is 0 Å². The predicted octanol–water partition coefficient (Wildman–Crippen LogP) is 3.04. The van der Waals surface area contributed by atoms with Crippen molar-refractivity contribution >= 4 is 29.7 Å². The number of nitrogens with one attached hydrogen (secondary N) is 2. The van der Waals surface area contributed by atoms with Crippen LogP contribution in [-0.4, -0.2) is 70.6 Å². The lowest BCUT2D eigenvalue weighted by Gasteiger charge is -2.38. The number of hydrogen-bond donors (Lipinski definition) is 3. The standard InChI is InChI=1S/C24H44N4O4S/c1-6-14-32-23(31)27-20(24(4,5)33-16(2)3)22(30)28-13-7-8-19(28)21(29)26-15-17-9-11-18(25)12-10-17/h16-20H,6-15,25H2,1-5H3,(H,26,29)(H,27,31)/t17-,18-,19?,20-/m0/s1. The van der Waals surface area contributed by atoms with Gasteiger partial charge < -0.3 is 26.0 Å². The molecule has 0 bridgehead atoms. The van der Waals surface area contributed by atoms with Gasteiger partial charge in [-0.05, 0) is 70.0 Å². The summed E-state index contributed by atoms with van der Waals surface area (Å²) < 4.78 is 4.64. The van der Waals surface area contributed by atoms with E-state index in [1.807, 2.05) is 20.8 Å². The second-order valence-electron chi connectivity index (χ2n) is 10.2. The van der Waals surface area contributed by atoms with Gasteiger partial charge >= 0.3 is 6.09 Å². The third-order valence-electron chi connectivity index (χ3n) is 6.48. The normalized spacial score (nSPS) is 24.5. The van der Waals surface area contributed by atoms with Crippen LogP contribution in [0.15, 0.2) is 0 Å². The Labute approximate surface area is 203 Å². The largest absolute Gasteiger partial charge is 0.450 e. The number of amides is 3. The Bertz CT molecular complexity index is 665. The summed E-state index contributed by atoms with van der Waals surface area (Å²) in [5.41, 5.74) is 5.99. The first-order chi connectivity index (χ1) is 15.5. The van der Waals surface area contributed by atoms with Crippen LogP contribution in [0.25, 0.3) is 0 Å². The van der Waals surface area contributed by atoms with Gasteiger partial charge in [-0.2, -0.15) is 11.8 Å². The minimum absolute atomic E-state index is 0.0997. The number of nitrogens with two attached hydrogens (primary N) is 1. The molecular weight excluding hydrogens is 440 g/mol. The number of nitrogens with zero attached hydrogens (tertiary/aromatic N) is 1. The zero-order valence-corrected chi connectivity index (χ0v) is 21.8. The van der Waals surface area contributed by atoms with Gasteiger partial charge in [0.15, 0.2) is 0 Å². The van der Waals surface area contributed by atoms with E-state index in [0.717, 1.165) is 32.1 Å². The molecule has 2 rings (SSSR count). The van der Waals surface area contributed by atoms with Crippen molar-refractivity contribution < 1.29 is 19.1 Å². The average molecular weight is 485 g/mol. The number of hydrogen-bond acceptors (Lipinski definition) is 6. The molecule has 1 unspecified atom stereocenters. The number of thioether (sulfide) groups is 1. The Hall–Kier alpha value is -1.48. The van der Waals surface area contributed by atoms with Crippen molar-refractivity contribution in [1.29, 1.82) is 0 Å². The number of rotatable bonds is 10. The second-order valence-corrected chi connectivity index (χ2v) is 12.4. The molecule has 2 aliphatic rings. The van der Waals surface area contributed by atoms with Crippen LogP contribution in [0.4, 0.5) is 4.79 Å². The van der Waals surface area contributed by atoms with Crippen LogP contribution in [0, 0.1) is 5.92 Å². The first-order valence-electron chi connectivity index (χ1n) is 12.5. The van der Waals surface area contributed by atoms with Crippen molar-refractivity contribution in [3.05, 3.63) is 0 Å². The van der Waals surface area contributed by atoms with Crippen LogP contribution < -0.4 is 16.4 Å². The number of carbonyl (C=O) groups excluding carboxylic acids is 3. The third-order valence-corrected chi connectivity index (χ3v) is 7.79. The molecule has 2 atom stereocenters. The van der Waals surface area contributed by atoms with E-state index >= 15 is 0 Å². The highest BCUT2D eigenvalue weighted by Gasteiger charge is 2.44. The molecule has 3 amide bonds. The molecule has 8 nitrogen and oxygen atoms in total. The maximum Gasteiger partial charge on any atom is 0.407 e. The molecule has 190 valence electrons. The van der Waals surface area contributed by atoms with E-state index in [2.05, 4.69) is 24.5 Å².